The van der Waals surface area contributed by atoms with Gasteiger partial charge in [0.25, 0.3) is 0 Å². The van der Waals surface area contributed by atoms with Gasteiger partial charge in [-0.05, 0) is 50.4 Å². The monoisotopic (exact) mass is 348 g/mol. The quantitative estimate of drug-likeness (QED) is 0.859. The van der Waals surface area contributed by atoms with E-state index in [1.807, 2.05) is 6.92 Å². The number of hydrogen-bond acceptors (Lipinski definition) is 5. The van der Waals surface area contributed by atoms with Crippen molar-refractivity contribution in [3.8, 4) is 0 Å². The molecule has 0 radical (unpaired) electrons. The maximum atomic E-state index is 12.5. The van der Waals surface area contributed by atoms with E-state index in [4.69, 9.17) is 0 Å². The molecule has 5 nitrogen and oxygen atoms in total. The van der Waals surface area contributed by atoms with Crippen molar-refractivity contribution in [3.05, 3.63) is 10.0 Å². The fraction of sp³-hybridized carbons (Fsp3) is 0.833. The molecular weight excluding hydrogens is 320 g/mol. The molecule has 0 aromatic carbocycles. The van der Waals surface area contributed by atoms with Crippen LogP contribution in [0.1, 0.15) is 55.0 Å². The number of likely N-dealkylation sites (tertiary alicyclic amines) is 1. The van der Waals surface area contributed by atoms with Crippen LogP contribution in [0.5, 0.6) is 0 Å². The van der Waals surface area contributed by atoms with Crippen LogP contribution in [-0.4, -0.2) is 40.1 Å². The van der Waals surface area contributed by atoms with Gasteiger partial charge in [0.15, 0.2) is 0 Å². The smallest absolute Gasteiger partial charge is 0.220 e. The zero-order chi connectivity index (χ0) is 16.5. The van der Waals surface area contributed by atoms with Crippen molar-refractivity contribution in [2.45, 2.75) is 64.5 Å². The van der Waals surface area contributed by atoms with E-state index in [9.17, 15) is 4.79 Å². The van der Waals surface area contributed by atoms with Gasteiger partial charge < -0.3 is 5.32 Å². The molecule has 0 bridgehead atoms. The summed E-state index contributed by atoms with van der Waals surface area (Å²) >= 11 is 1.69. The molecule has 0 spiro atoms. The summed E-state index contributed by atoms with van der Waals surface area (Å²) < 4.78 is 0. The van der Waals surface area contributed by atoms with Gasteiger partial charge in [0.2, 0.25) is 5.91 Å². The highest BCUT2D eigenvalue weighted by Crippen LogP contribution is 2.42. The van der Waals surface area contributed by atoms with Crippen LogP contribution in [0.2, 0.25) is 0 Å². The van der Waals surface area contributed by atoms with E-state index in [1.54, 1.807) is 11.3 Å². The average Bonchev–Trinajstić information content (AvgIpc) is 2.91. The molecule has 1 aromatic rings. The second-order valence-electron chi connectivity index (χ2n) is 7.94. The summed E-state index contributed by atoms with van der Waals surface area (Å²) in [6.07, 6.45) is 8.52. The molecule has 1 N–H and O–H groups in total. The molecule has 2 aliphatic carbocycles. The molecule has 6 heteroatoms. The molecule has 2 heterocycles. The summed E-state index contributed by atoms with van der Waals surface area (Å²) in [6, 6.07) is 0.334. The molecular formula is C18H28N4OS. The number of carbonyl (C=O) groups excluding carboxylic acids is 1. The normalized spacial score (nSPS) is 28.5. The maximum absolute atomic E-state index is 12.5. The third-order valence-corrected chi connectivity index (χ3v) is 6.71. The van der Waals surface area contributed by atoms with Crippen molar-refractivity contribution in [2.75, 3.05) is 13.1 Å². The Morgan fingerprint density at radius 1 is 1.21 bits per heavy atom. The Morgan fingerprint density at radius 2 is 2.00 bits per heavy atom. The van der Waals surface area contributed by atoms with Gasteiger partial charge in [-0.15, -0.1) is 21.5 Å². The van der Waals surface area contributed by atoms with Crippen molar-refractivity contribution in [1.82, 2.24) is 20.4 Å². The van der Waals surface area contributed by atoms with Crippen LogP contribution in [0.15, 0.2) is 0 Å². The van der Waals surface area contributed by atoms with Gasteiger partial charge in [0, 0.05) is 25.6 Å². The Bertz CT molecular complexity index is 579. The summed E-state index contributed by atoms with van der Waals surface area (Å²) in [5.74, 6) is 2.37. The third-order valence-electron chi connectivity index (χ3n) is 5.89. The number of nitrogens with one attached hydrogen (secondary N) is 1. The first-order chi connectivity index (χ1) is 11.7. The number of aryl methyl sites for hydroxylation is 1. The first-order valence-electron chi connectivity index (χ1n) is 9.48. The zero-order valence-electron chi connectivity index (χ0n) is 14.5. The highest BCUT2D eigenvalue weighted by Gasteiger charge is 2.43. The molecule has 3 fully saturated rings. The Hall–Kier alpha value is -1.01. The number of carbonyl (C=O) groups is 1. The van der Waals surface area contributed by atoms with Crippen LogP contribution < -0.4 is 5.32 Å². The molecule has 1 amide bonds. The van der Waals surface area contributed by atoms with E-state index in [0.717, 1.165) is 42.0 Å². The van der Waals surface area contributed by atoms with Crippen molar-refractivity contribution < 1.29 is 4.79 Å². The van der Waals surface area contributed by atoms with E-state index in [1.165, 1.54) is 38.5 Å². The maximum Gasteiger partial charge on any atom is 0.220 e. The summed E-state index contributed by atoms with van der Waals surface area (Å²) in [6.45, 7) is 4.95. The Labute approximate surface area is 148 Å². The number of amides is 1. The van der Waals surface area contributed by atoms with Crippen LogP contribution in [-0.2, 0) is 11.3 Å². The van der Waals surface area contributed by atoms with Gasteiger partial charge in [-0.1, -0.05) is 12.8 Å². The molecule has 3 aliphatic rings. The Balaban J connectivity index is 1.33. The molecule has 2 saturated carbocycles. The van der Waals surface area contributed by atoms with Crippen LogP contribution in [0.4, 0.5) is 0 Å². The lowest BCUT2D eigenvalue weighted by Gasteiger charge is -2.20. The first kappa shape index (κ1) is 16.5. The van der Waals surface area contributed by atoms with Crippen molar-refractivity contribution in [1.29, 1.82) is 0 Å². The van der Waals surface area contributed by atoms with Gasteiger partial charge in [0.05, 0.1) is 6.54 Å². The number of hydrogen-bond donors (Lipinski definition) is 1. The van der Waals surface area contributed by atoms with Gasteiger partial charge in [-0.2, -0.15) is 0 Å². The largest absolute Gasteiger partial charge is 0.352 e. The molecule has 24 heavy (non-hydrogen) atoms. The summed E-state index contributed by atoms with van der Waals surface area (Å²) in [5.41, 5.74) is 0. The van der Waals surface area contributed by atoms with E-state index in [2.05, 4.69) is 20.4 Å². The topological polar surface area (TPSA) is 58.1 Å². The lowest BCUT2D eigenvalue weighted by molar-refractivity contribution is -0.122. The molecule has 4 rings (SSSR count). The molecule has 1 aliphatic heterocycles. The lowest BCUT2D eigenvalue weighted by atomic mass is 9.97. The minimum atomic E-state index is 0.283. The van der Waals surface area contributed by atoms with Gasteiger partial charge in [-0.3, -0.25) is 9.69 Å². The summed E-state index contributed by atoms with van der Waals surface area (Å²) in [7, 11) is 0. The van der Waals surface area contributed by atoms with Crippen LogP contribution in [0.25, 0.3) is 0 Å². The van der Waals surface area contributed by atoms with E-state index in [-0.39, 0.29) is 5.91 Å². The van der Waals surface area contributed by atoms with Crippen molar-refractivity contribution in [2.24, 2.45) is 17.8 Å². The molecule has 1 saturated heterocycles. The summed E-state index contributed by atoms with van der Waals surface area (Å²) in [4.78, 5) is 14.9. The molecule has 0 unspecified atom stereocenters. The standard InChI is InChI=1S/C18H28N4OS/c1-12-20-21-18(24-12)11-22-9-15(14-6-7-14)16(10-22)19-17(23)8-13-4-2-3-5-13/h13-16H,2-11H2,1H3,(H,19,23)/t15-,16+/m1/s1. The number of rotatable bonds is 6. The Morgan fingerprint density at radius 3 is 2.67 bits per heavy atom. The lowest BCUT2D eigenvalue weighted by Crippen LogP contribution is -2.41. The van der Waals surface area contributed by atoms with Crippen molar-refractivity contribution >= 4 is 17.2 Å². The second kappa shape index (κ2) is 7.08. The van der Waals surface area contributed by atoms with Crippen molar-refractivity contribution in [3.63, 3.8) is 0 Å². The second-order valence-corrected chi connectivity index (χ2v) is 9.20. The number of aromatic nitrogens is 2. The minimum Gasteiger partial charge on any atom is -0.352 e. The first-order valence-corrected chi connectivity index (χ1v) is 10.3. The molecule has 2 atom stereocenters. The van der Waals surface area contributed by atoms with Crippen LogP contribution in [0, 0.1) is 24.7 Å². The van der Waals surface area contributed by atoms with E-state index < -0.39 is 0 Å². The zero-order valence-corrected chi connectivity index (χ0v) is 15.4. The average molecular weight is 349 g/mol. The van der Waals surface area contributed by atoms with Gasteiger partial charge >= 0.3 is 0 Å². The predicted molar refractivity (Wildman–Crippen MR) is 94.6 cm³/mol. The van der Waals surface area contributed by atoms with Crippen LogP contribution in [0.3, 0.4) is 0 Å². The van der Waals surface area contributed by atoms with Crippen LogP contribution >= 0.6 is 11.3 Å². The van der Waals surface area contributed by atoms with E-state index >= 15 is 0 Å². The summed E-state index contributed by atoms with van der Waals surface area (Å²) in [5, 5.41) is 13.9. The highest BCUT2D eigenvalue weighted by molar-refractivity contribution is 7.11. The molecule has 132 valence electrons. The van der Waals surface area contributed by atoms with Gasteiger partial charge in [0.1, 0.15) is 10.0 Å². The minimum absolute atomic E-state index is 0.283. The van der Waals surface area contributed by atoms with E-state index in [0.29, 0.717) is 17.9 Å². The highest BCUT2D eigenvalue weighted by atomic mass is 32.1. The molecule has 1 aromatic heterocycles. The fourth-order valence-corrected chi connectivity index (χ4v) is 5.28. The number of nitrogens with zero attached hydrogens (tertiary/aromatic N) is 3. The predicted octanol–water partition coefficient (Wildman–Crippen LogP) is 2.75. The van der Waals surface area contributed by atoms with Gasteiger partial charge in [-0.25, -0.2) is 0 Å². The Kier molecular flexibility index (Phi) is 4.86. The SMILES string of the molecule is Cc1nnc(CN2C[C@H](NC(=O)CC3CCCC3)[C@@H](C3CC3)C2)s1. The third kappa shape index (κ3) is 3.97. The fourth-order valence-electron chi connectivity index (χ4n) is 4.53.